The predicted molar refractivity (Wildman–Crippen MR) is 78.8 cm³/mol. The van der Waals surface area contributed by atoms with Crippen LogP contribution in [-0.2, 0) is 13.6 Å². The van der Waals surface area contributed by atoms with Crippen molar-refractivity contribution in [2.24, 2.45) is 12.8 Å². The summed E-state index contributed by atoms with van der Waals surface area (Å²) in [4.78, 5) is 4.46. The molecule has 3 aromatic rings. The van der Waals surface area contributed by atoms with Gasteiger partial charge in [0.05, 0.1) is 11.4 Å². The highest BCUT2D eigenvalue weighted by atomic mass is 15.0. The number of fused-ring (bicyclic) bond motifs is 1. The van der Waals surface area contributed by atoms with Crippen LogP contribution in [0.3, 0.4) is 0 Å². The number of benzene rings is 1. The van der Waals surface area contributed by atoms with Crippen LogP contribution in [0.2, 0.25) is 0 Å². The van der Waals surface area contributed by atoms with Gasteiger partial charge in [-0.15, -0.1) is 0 Å². The van der Waals surface area contributed by atoms with E-state index in [2.05, 4.69) is 53.9 Å². The molecule has 0 spiro atoms. The Morgan fingerprint density at radius 2 is 2.00 bits per heavy atom. The Labute approximate surface area is 112 Å². The van der Waals surface area contributed by atoms with Crippen LogP contribution in [0.25, 0.3) is 22.3 Å². The summed E-state index contributed by atoms with van der Waals surface area (Å²) in [5.41, 5.74) is 11.4. The van der Waals surface area contributed by atoms with Crippen molar-refractivity contribution in [3.8, 4) is 11.4 Å². The number of nitrogens with two attached hydrogens (primary N) is 1. The summed E-state index contributed by atoms with van der Waals surface area (Å²) in [5.74, 6) is 0. The van der Waals surface area contributed by atoms with Crippen molar-refractivity contribution >= 4 is 10.9 Å². The maximum absolute atomic E-state index is 5.70. The molecule has 0 saturated carbocycles. The van der Waals surface area contributed by atoms with Gasteiger partial charge >= 0.3 is 0 Å². The highest BCUT2D eigenvalue weighted by Crippen LogP contribution is 2.26. The first-order chi connectivity index (χ1) is 9.19. The minimum absolute atomic E-state index is 0.540. The van der Waals surface area contributed by atoms with Crippen LogP contribution in [0.5, 0.6) is 0 Å². The third-order valence-corrected chi connectivity index (χ3v) is 3.52. The summed E-state index contributed by atoms with van der Waals surface area (Å²) >= 11 is 0. The fraction of sp³-hybridized carbons (Fsp3) is 0.188. The van der Waals surface area contributed by atoms with Gasteiger partial charge in [0.25, 0.3) is 0 Å². The lowest BCUT2D eigenvalue weighted by molar-refractivity contribution is 0.966. The van der Waals surface area contributed by atoms with Crippen LogP contribution in [0.4, 0.5) is 0 Å². The third-order valence-electron chi connectivity index (χ3n) is 3.52. The Bertz CT molecular complexity index is 741. The summed E-state index contributed by atoms with van der Waals surface area (Å²) in [5, 5.41) is 1.24. The molecule has 0 fully saturated rings. The third kappa shape index (κ3) is 2.02. The first-order valence-corrected chi connectivity index (χ1v) is 6.40. The molecule has 0 aliphatic carbocycles. The van der Waals surface area contributed by atoms with E-state index in [0.29, 0.717) is 6.54 Å². The minimum Gasteiger partial charge on any atom is -0.342 e. The number of hydrogen-bond donors (Lipinski definition) is 1. The number of rotatable bonds is 2. The Hall–Kier alpha value is -2.13. The second kappa shape index (κ2) is 4.52. The van der Waals surface area contributed by atoms with Gasteiger partial charge < -0.3 is 10.3 Å². The molecule has 0 radical (unpaired) electrons. The molecule has 0 aliphatic heterocycles. The lowest BCUT2D eigenvalue weighted by Gasteiger charge is -2.05. The summed E-state index contributed by atoms with van der Waals surface area (Å²) in [6, 6.07) is 12.7. The number of aryl methyl sites for hydroxylation is 2. The van der Waals surface area contributed by atoms with Crippen molar-refractivity contribution in [1.29, 1.82) is 0 Å². The number of nitrogens with zero attached hydrogens (tertiary/aromatic N) is 2. The molecule has 1 aromatic carbocycles. The molecule has 96 valence electrons. The number of pyridine rings is 1. The maximum Gasteiger partial charge on any atom is 0.0869 e. The molecule has 3 rings (SSSR count). The Morgan fingerprint density at radius 1 is 1.16 bits per heavy atom. The predicted octanol–water partition coefficient (Wildman–Crippen LogP) is 3.01. The van der Waals surface area contributed by atoms with E-state index in [1.165, 1.54) is 16.5 Å². The van der Waals surface area contributed by atoms with Gasteiger partial charge in [-0.2, -0.15) is 0 Å². The van der Waals surface area contributed by atoms with Crippen molar-refractivity contribution in [1.82, 2.24) is 9.55 Å². The average molecular weight is 251 g/mol. The van der Waals surface area contributed by atoms with E-state index >= 15 is 0 Å². The molecule has 2 aromatic heterocycles. The van der Waals surface area contributed by atoms with Gasteiger partial charge in [-0.05, 0) is 42.3 Å². The summed E-state index contributed by atoms with van der Waals surface area (Å²) in [7, 11) is 2.08. The van der Waals surface area contributed by atoms with Crippen molar-refractivity contribution < 1.29 is 0 Å². The van der Waals surface area contributed by atoms with Crippen LogP contribution in [-0.4, -0.2) is 9.55 Å². The monoisotopic (exact) mass is 251 g/mol. The van der Waals surface area contributed by atoms with Crippen LogP contribution in [0.15, 0.2) is 42.6 Å². The van der Waals surface area contributed by atoms with Gasteiger partial charge in [-0.1, -0.05) is 12.1 Å². The van der Waals surface area contributed by atoms with Gasteiger partial charge in [0, 0.05) is 30.7 Å². The van der Waals surface area contributed by atoms with Gasteiger partial charge in [0.1, 0.15) is 0 Å². The van der Waals surface area contributed by atoms with Gasteiger partial charge in [0.2, 0.25) is 0 Å². The summed E-state index contributed by atoms with van der Waals surface area (Å²) in [6.07, 6.45) is 1.82. The fourth-order valence-electron chi connectivity index (χ4n) is 2.43. The van der Waals surface area contributed by atoms with Gasteiger partial charge in [-0.3, -0.25) is 4.98 Å². The molecule has 0 unspecified atom stereocenters. The van der Waals surface area contributed by atoms with Crippen LogP contribution >= 0.6 is 0 Å². The molecule has 0 aliphatic rings. The first kappa shape index (κ1) is 11.9. The molecular weight excluding hydrogens is 234 g/mol. The van der Waals surface area contributed by atoms with E-state index in [4.69, 9.17) is 5.73 Å². The average Bonchev–Trinajstić information content (AvgIpc) is 2.76. The van der Waals surface area contributed by atoms with Crippen LogP contribution in [0.1, 0.15) is 11.1 Å². The molecule has 2 N–H and O–H groups in total. The minimum atomic E-state index is 0.540. The zero-order valence-electron chi connectivity index (χ0n) is 11.2. The van der Waals surface area contributed by atoms with E-state index in [0.717, 1.165) is 17.0 Å². The Balaban J connectivity index is 2.21. The Kier molecular flexibility index (Phi) is 2.84. The second-order valence-electron chi connectivity index (χ2n) is 4.90. The molecule has 0 bridgehead atoms. The Morgan fingerprint density at radius 3 is 2.79 bits per heavy atom. The molecule has 19 heavy (non-hydrogen) atoms. The highest BCUT2D eigenvalue weighted by Gasteiger charge is 2.09. The van der Waals surface area contributed by atoms with Crippen molar-refractivity contribution in [2.75, 3.05) is 0 Å². The second-order valence-corrected chi connectivity index (χ2v) is 4.90. The smallest absolute Gasteiger partial charge is 0.0869 e. The van der Waals surface area contributed by atoms with E-state index < -0.39 is 0 Å². The summed E-state index contributed by atoms with van der Waals surface area (Å²) < 4.78 is 2.19. The first-order valence-electron chi connectivity index (χ1n) is 6.40. The molecule has 0 atom stereocenters. The van der Waals surface area contributed by atoms with E-state index in [9.17, 15) is 0 Å². The number of hydrogen-bond acceptors (Lipinski definition) is 2. The van der Waals surface area contributed by atoms with Crippen LogP contribution in [0, 0.1) is 6.92 Å². The zero-order chi connectivity index (χ0) is 13.4. The standard InChI is InChI=1S/C16H17N3/c1-11-3-4-13-9-16(19(2)15(13)7-11)14-8-12(10-17)5-6-18-14/h3-9H,10,17H2,1-2H3. The van der Waals surface area contributed by atoms with Gasteiger partial charge in [0.15, 0.2) is 0 Å². The molecule has 3 heteroatoms. The lowest BCUT2D eigenvalue weighted by atomic mass is 10.1. The van der Waals surface area contributed by atoms with Crippen molar-refractivity contribution in [3.63, 3.8) is 0 Å². The normalized spacial score (nSPS) is 11.1. The largest absolute Gasteiger partial charge is 0.342 e. The molecule has 0 saturated heterocycles. The van der Waals surface area contributed by atoms with Crippen molar-refractivity contribution in [2.45, 2.75) is 13.5 Å². The lowest BCUT2D eigenvalue weighted by Crippen LogP contribution is -1.98. The molecule has 0 amide bonds. The number of aromatic nitrogens is 2. The van der Waals surface area contributed by atoms with E-state index in [-0.39, 0.29) is 0 Å². The highest BCUT2D eigenvalue weighted by molar-refractivity contribution is 5.86. The fourth-order valence-corrected chi connectivity index (χ4v) is 2.43. The SMILES string of the molecule is Cc1ccc2cc(-c3cc(CN)ccn3)n(C)c2c1. The van der Waals surface area contributed by atoms with Gasteiger partial charge in [-0.25, -0.2) is 0 Å². The van der Waals surface area contributed by atoms with E-state index in [1.807, 2.05) is 12.3 Å². The molecular formula is C16H17N3. The topological polar surface area (TPSA) is 43.8 Å². The van der Waals surface area contributed by atoms with Crippen LogP contribution < -0.4 is 5.73 Å². The zero-order valence-corrected chi connectivity index (χ0v) is 11.2. The summed E-state index contributed by atoms with van der Waals surface area (Å²) in [6.45, 7) is 2.65. The van der Waals surface area contributed by atoms with Crippen molar-refractivity contribution in [3.05, 3.63) is 53.7 Å². The molecule has 2 heterocycles. The quantitative estimate of drug-likeness (QED) is 0.761. The molecule has 3 nitrogen and oxygen atoms in total. The maximum atomic E-state index is 5.70. The van der Waals surface area contributed by atoms with E-state index in [1.54, 1.807) is 0 Å².